The largest absolute Gasteiger partial charge is 0.547 e. The van der Waals surface area contributed by atoms with E-state index >= 15 is 0 Å². The lowest BCUT2D eigenvalue weighted by Gasteiger charge is -2.06. The maximum Gasteiger partial charge on any atom is 0.547 e. The SMILES string of the molecule is CSCC[C@H](N)C(=O)OOC(=O)O. The molecule has 0 radical (unpaired) electrons. The average molecular weight is 209 g/mol. The number of rotatable bonds is 4. The van der Waals surface area contributed by atoms with Crippen molar-refractivity contribution in [2.75, 3.05) is 12.0 Å². The molecule has 13 heavy (non-hydrogen) atoms. The Kier molecular flexibility index (Phi) is 6.07. The molecule has 0 aromatic carbocycles. The van der Waals surface area contributed by atoms with Crippen LogP contribution in [-0.2, 0) is 14.6 Å². The molecule has 0 bridgehead atoms. The first-order valence-corrected chi connectivity index (χ1v) is 4.83. The zero-order chi connectivity index (χ0) is 10.3. The summed E-state index contributed by atoms with van der Waals surface area (Å²) in [5.74, 6) is -0.181. The molecule has 0 aromatic heterocycles. The molecule has 0 fully saturated rings. The van der Waals surface area contributed by atoms with Crippen molar-refractivity contribution in [2.24, 2.45) is 5.73 Å². The van der Waals surface area contributed by atoms with E-state index in [-0.39, 0.29) is 0 Å². The van der Waals surface area contributed by atoms with Gasteiger partial charge in [0.15, 0.2) is 0 Å². The maximum absolute atomic E-state index is 10.8. The lowest BCUT2D eigenvalue weighted by molar-refractivity contribution is -0.242. The molecule has 0 rings (SSSR count). The second kappa shape index (κ2) is 6.55. The van der Waals surface area contributed by atoms with Crippen LogP contribution in [0.25, 0.3) is 0 Å². The molecule has 0 aliphatic rings. The molecule has 0 saturated heterocycles. The van der Waals surface area contributed by atoms with E-state index < -0.39 is 18.2 Å². The van der Waals surface area contributed by atoms with Gasteiger partial charge >= 0.3 is 12.1 Å². The van der Waals surface area contributed by atoms with Crippen LogP contribution < -0.4 is 5.73 Å². The van der Waals surface area contributed by atoms with Gasteiger partial charge in [-0.15, -0.1) is 0 Å². The van der Waals surface area contributed by atoms with Crippen molar-refractivity contribution in [1.82, 2.24) is 0 Å². The van der Waals surface area contributed by atoms with E-state index in [4.69, 9.17) is 10.8 Å². The van der Waals surface area contributed by atoms with E-state index in [1.54, 1.807) is 0 Å². The van der Waals surface area contributed by atoms with Crippen molar-refractivity contribution in [3.05, 3.63) is 0 Å². The van der Waals surface area contributed by atoms with Crippen LogP contribution in [0.15, 0.2) is 0 Å². The summed E-state index contributed by atoms with van der Waals surface area (Å²) in [6, 6.07) is -0.841. The van der Waals surface area contributed by atoms with Gasteiger partial charge in [0.05, 0.1) is 0 Å². The summed E-state index contributed by atoms with van der Waals surface area (Å²) in [4.78, 5) is 28.1. The molecule has 0 amide bonds. The second-order valence-corrected chi connectivity index (χ2v) is 3.13. The van der Waals surface area contributed by atoms with Crippen molar-refractivity contribution >= 4 is 23.9 Å². The van der Waals surface area contributed by atoms with Crippen molar-refractivity contribution in [2.45, 2.75) is 12.5 Å². The fourth-order valence-corrected chi connectivity index (χ4v) is 0.991. The van der Waals surface area contributed by atoms with Gasteiger partial charge in [0.2, 0.25) is 0 Å². The first kappa shape index (κ1) is 12.0. The Morgan fingerprint density at radius 1 is 1.54 bits per heavy atom. The minimum atomic E-state index is -1.68. The lowest BCUT2D eigenvalue weighted by atomic mass is 10.2. The quantitative estimate of drug-likeness (QED) is 0.504. The minimum absolute atomic E-state index is 0.420. The number of nitrogens with two attached hydrogens (primary N) is 1. The number of carboxylic acid groups (broad SMARTS) is 1. The first-order valence-electron chi connectivity index (χ1n) is 3.43. The van der Waals surface area contributed by atoms with Crippen LogP contribution in [0.5, 0.6) is 0 Å². The summed E-state index contributed by atoms with van der Waals surface area (Å²) in [5.41, 5.74) is 5.33. The number of carbonyl (C=O) groups excluding carboxylic acids is 1. The van der Waals surface area contributed by atoms with Crippen molar-refractivity contribution < 1.29 is 24.5 Å². The predicted molar refractivity (Wildman–Crippen MR) is 46.2 cm³/mol. The van der Waals surface area contributed by atoms with Crippen LogP contribution in [0.3, 0.4) is 0 Å². The summed E-state index contributed by atoms with van der Waals surface area (Å²) in [6.45, 7) is 0. The Labute approximate surface area is 79.3 Å². The van der Waals surface area contributed by atoms with E-state index in [2.05, 4.69) is 9.78 Å². The molecule has 7 heteroatoms. The molecule has 0 spiro atoms. The van der Waals surface area contributed by atoms with Crippen LogP contribution in [0.2, 0.25) is 0 Å². The predicted octanol–water partition coefficient (Wildman–Crippen LogP) is 0.220. The molecule has 76 valence electrons. The Balaban J connectivity index is 3.63. The highest BCUT2D eigenvalue weighted by Gasteiger charge is 2.17. The molecule has 0 unspecified atom stereocenters. The summed E-state index contributed by atoms with van der Waals surface area (Å²) < 4.78 is 0. The summed E-state index contributed by atoms with van der Waals surface area (Å²) in [5, 5.41) is 7.98. The summed E-state index contributed by atoms with van der Waals surface area (Å²) in [6.07, 6.45) is 0.611. The molecular weight excluding hydrogens is 198 g/mol. The van der Waals surface area contributed by atoms with E-state index in [0.717, 1.165) is 0 Å². The standard InChI is InChI=1S/C6H11NO5S/c1-13-3-2-4(7)5(8)11-12-6(9)10/h4H,2-3,7H2,1H3,(H,9,10)/t4-/m0/s1. The maximum atomic E-state index is 10.8. The number of hydrogen-bond acceptors (Lipinski definition) is 6. The van der Waals surface area contributed by atoms with Gasteiger partial charge in [-0.1, -0.05) is 0 Å². The molecule has 1 atom stereocenters. The van der Waals surface area contributed by atoms with Crippen molar-refractivity contribution in [3.8, 4) is 0 Å². The Morgan fingerprint density at radius 3 is 2.62 bits per heavy atom. The van der Waals surface area contributed by atoms with Crippen molar-refractivity contribution in [1.29, 1.82) is 0 Å². The van der Waals surface area contributed by atoms with E-state index in [1.807, 2.05) is 6.26 Å². The molecule has 6 nitrogen and oxygen atoms in total. The molecule has 0 aliphatic carbocycles. The van der Waals surface area contributed by atoms with Gasteiger partial charge in [0.1, 0.15) is 6.04 Å². The first-order chi connectivity index (χ1) is 6.07. The highest BCUT2D eigenvalue weighted by Crippen LogP contribution is 2.00. The molecule has 0 saturated carbocycles. The highest BCUT2D eigenvalue weighted by molar-refractivity contribution is 7.98. The minimum Gasteiger partial charge on any atom is -0.447 e. The Hall–Kier alpha value is -0.950. The normalized spacial score (nSPS) is 11.8. The Bertz CT molecular complexity index is 186. The average Bonchev–Trinajstić information content (AvgIpc) is 2.10. The van der Waals surface area contributed by atoms with Crippen LogP contribution in [0.1, 0.15) is 6.42 Å². The second-order valence-electron chi connectivity index (χ2n) is 2.14. The van der Waals surface area contributed by atoms with Gasteiger partial charge in [-0.2, -0.15) is 11.8 Å². The third-order valence-electron chi connectivity index (χ3n) is 1.13. The summed E-state index contributed by atoms with van der Waals surface area (Å²) in [7, 11) is 0. The number of hydrogen-bond donors (Lipinski definition) is 2. The zero-order valence-corrected chi connectivity index (χ0v) is 7.87. The Morgan fingerprint density at radius 2 is 2.15 bits per heavy atom. The van der Waals surface area contributed by atoms with Gasteiger partial charge < -0.3 is 10.8 Å². The topological polar surface area (TPSA) is 98.9 Å². The smallest absolute Gasteiger partial charge is 0.447 e. The van der Waals surface area contributed by atoms with Crippen LogP contribution >= 0.6 is 11.8 Å². The van der Waals surface area contributed by atoms with Crippen LogP contribution in [0, 0.1) is 0 Å². The fraction of sp³-hybridized carbons (Fsp3) is 0.667. The van der Waals surface area contributed by atoms with E-state index in [0.29, 0.717) is 12.2 Å². The van der Waals surface area contributed by atoms with E-state index in [1.165, 1.54) is 11.8 Å². The number of thioether (sulfide) groups is 1. The third-order valence-corrected chi connectivity index (χ3v) is 1.77. The highest BCUT2D eigenvalue weighted by atomic mass is 32.2. The van der Waals surface area contributed by atoms with Gasteiger partial charge in [-0.05, 0) is 18.4 Å². The van der Waals surface area contributed by atoms with Crippen LogP contribution in [-0.4, -0.2) is 35.3 Å². The lowest BCUT2D eigenvalue weighted by Crippen LogP contribution is -2.33. The molecule has 3 N–H and O–H groups in total. The van der Waals surface area contributed by atoms with Gasteiger partial charge in [0.25, 0.3) is 0 Å². The molecular formula is C6H11NO5S. The van der Waals surface area contributed by atoms with Gasteiger partial charge in [-0.25, -0.2) is 19.4 Å². The van der Waals surface area contributed by atoms with Crippen molar-refractivity contribution in [3.63, 3.8) is 0 Å². The fourth-order valence-electron chi connectivity index (χ4n) is 0.501. The van der Waals surface area contributed by atoms with Gasteiger partial charge in [-0.3, -0.25) is 0 Å². The molecule has 0 heterocycles. The monoisotopic (exact) mass is 209 g/mol. The molecule has 0 aromatic rings. The summed E-state index contributed by atoms with van der Waals surface area (Å²) >= 11 is 1.53. The third kappa shape index (κ3) is 6.23. The van der Waals surface area contributed by atoms with Crippen LogP contribution in [0.4, 0.5) is 4.79 Å². The molecule has 0 aliphatic heterocycles. The van der Waals surface area contributed by atoms with Gasteiger partial charge in [0, 0.05) is 0 Å². The van der Waals surface area contributed by atoms with E-state index in [9.17, 15) is 9.59 Å². The number of carbonyl (C=O) groups is 2. The zero-order valence-electron chi connectivity index (χ0n) is 7.06.